The highest BCUT2D eigenvalue weighted by atomic mass is 32.1. The Hall–Kier alpha value is -0.380. The van der Waals surface area contributed by atoms with Gasteiger partial charge in [0.05, 0.1) is 6.10 Å². The molecule has 1 aliphatic heterocycles. The van der Waals surface area contributed by atoms with Crippen LogP contribution in [0.5, 0.6) is 0 Å². The van der Waals surface area contributed by atoms with Gasteiger partial charge in [-0.3, -0.25) is 0 Å². The molecule has 1 N–H and O–H groups in total. The molecule has 2 aliphatic rings. The van der Waals surface area contributed by atoms with Crippen LogP contribution >= 0.6 is 11.3 Å². The highest BCUT2D eigenvalue weighted by molar-refractivity contribution is 7.07. The molecule has 1 saturated carbocycles. The van der Waals surface area contributed by atoms with Crippen molar-refractivity contribution in [2.75, 3.05) is 13.2 Å². The molecule has 2 unspecified atom stereocenters. The second-order valence-electron chi connectivity index (χ2n) is 6.91. The van der Waals surface area contributed by atoms with Crippen LogP contribution in [0, 0.1) is 11.3 Å². The maximum Gasteiger partial charge on any atom is 0.0672 e. The fourth-order valence-electron chi connectivity index (χ4n) is 3.52. The molecule has 0 amide bonds. The second kappa shape index (κ2) is 6.17. The van der Waals surface area contributed by atoms with Crippen LogP contribution in [0.3, 0.4) is 0 Å². The zero-order chi connectivity index (χ0) is 14.0. The summed E-state index contributed by atoms with van der Waals surface area (Å²) in [4.78, 5) is 0. The molecule has 0 bridgehead atoms. The molecule has 2 fully saturated rings. The van der Waals surface area contributed by atoms with Crippen molar-refractivity contribution in [3.05, 3.63) is 22.4 Å². The van der Waals surface area contributed by atoms with Crippen LogP contribution < -0.4 is 5.32 Å². The number of rotatable bonds is 7. The van der Waals surface area contributed by atoms with Gasteiger partial charge in [-0.1, -0.05) is 13.8 Å². The van der Waals surface area contributed by atoms with E-state index in [9.17, 15) is 0 Å². The Morgan fingerprint density at radius 1 is 1.45 bits per heavy atom. The van der Waals surface area contributed by atoms with Gasteiger partial charge in [-0.05, 0) is 60.4 Å². The molecular weight excluding hydrogens is 266 g/mol. The molecule has 1 aliphatic carbocycles. The van der Waals surface area contributed by atoms with Crippen molar-refractivity contribution in [2.24, 2.45) is 11.3 Å². The number of hydrogen-bond donors (Lipinski definition) is 1. The molecule has 0 radical (unpaired) electrons. The highest BCUT2D eigenvalue weighted by Crippen LogP contribution is 2.49. The lowest BCUT2D eigenvalue weighted by Crippen LogP contribution is -2.44. The molecule has 3 rings (SSSR count). The fourth-order valence-corrected chi connectivity index (χ4v) is 4.23. The van der Waals surface area contributed by atoms with Crippen LogP contribution in [0.4, 0.5) is 0 Å². The summed E-state index contributed by atoms with van der Waals surface area (Å²) >= 11 is 1.81. The van der Waals surface area contributed by atoms with Crippen LogP contribution in [-0.2, 0) is 11.2 Å². The summed E-state index contributed by atoms with van der Waals surface area (Å²) < 4.78 is 6.16. The summed E-state index contributed by atoms with van der Waals surface area (Å²) in [6, 6.07) is 2.84. The van der Waals surface area contributed by atoms with Gasteiger partial charge < -0.3 is 10.1 Å². The van der Waals surface area contributed by atoms with Crippen molar-refractivity contribution in [3.63, 3.8) is 0 Å². The third kappa shape index (κ3) is 3.26. The number of nitrogens with one attached hydrogen (secondary N) is 1. The standard InChI is InChI=1S/C17H27NOS/c1-13(2)18-12-17(7-5-14-6-10-20-11-14)8-9-19-16(17)15-3-4-15/h6,10-11,13,15-16,18H,3-5,7-9,12H2,1-2H3. The van der Waals surface area contributed by atoms with Crippen molar-refractivity contribution < 1.29 is 4.74 Å². The van der Waals surface area contributed by atoms with Crippen LogP contribution in [-0.4, -0.2) is 25.3 Å². The Morgan fingerprint density at radius 3 is 2.95 bits per heavy atom. The van der Waals surface area contributed by atoms with Gasteiger partial charge in [0.15, 0.2) is 0 Å². The zero-order valence-corrected chi connectivity index (χ0v) is 13.5. The van der Waals surface area contributed by atoms with Gasteiger partial charge in [0, 0.05) is 24.6 Å². The topological polar surface area (TPSA) is 21.3 Å². The number of hydrogen-bond acceptors (Lipinski definition) is 3. The van der Waals surface area contributed by atoms with Gasteiger partial charge in [0.1, 0.15) is 0 Å². The molecule has 0 aromatic carbocycles. The van der Waals surface area contributed by atoms with Crippen molar-refractivity contribution in [1.29, 1.82) is 0 Å². The Balaban J connectivity index is 1.68. The van der Waals surface area contributed by atoms with E-state index in [0.29, 0.717) is 17.6 Å². The monoisotopic (exact) mass is 293 g/mol. The maximum atomic E-state index is 6.16. The predicted octanol–water partition coefficient (Wildman–Crippen LogP) is 3.86. The lowest BCUT2D eigenvalue weighted by atomic mass is 9.74. The lowest BCUT2D eigenvalue weighted by Gasteiger charge is -2.35. The SMILES string of the molecule is CC(C)NCC1(CCc2ccsc2)CCOC1C1CC1. The average molecular weight is 293 g/mol. The Labute approximate surface area is 126 Å². The van der Waals surface area contributed by atoms with Gasteiger partial charge in [0.2, 0.25) is 0 Å². The molecular formula is C17H27NOS. The van der Waals surface area contributed by atoms with Gasteiger partial charge in [-0.15, -0.1) is 0 Å². The van der Waals surface area contributed by atoms with Gasteiger partial charge in [-0.2, -0.15) is 11.3 Å². The fraction of sp³-hybridized carbons (Fsp3) is 0.765. The van der Waals surface area contributed by atoms with Crippen molar-refractivity contribution in [3.8, 4) is 0 Å². The van der Waals surface area contributed by atoms with Crippen LogP contribution in [0.1, 0.15) is 45.1 Å². The minimum atomic E-state index is 0.368. The number of thiophene rings is 1. The molecule has 112 valence electrons. The maximum absolute atomic E-state index is 6.16. The largest absolute Gasteiger partial charge is 0.377 e. The quantitative estimate of drug-likeness (QED) is 0.824. The van der Waals surface area contributed by atoms with E-state index < -0.39 is 0 Å². The third-order valence-corrected chi connectivity index (χ3v) is 5.64. The summed E-state index contributed by atoms with van der Waals surface area (Å²) in [5.74, 6) is 0.842. The van der Waals surface area contributed by atoms with E-state index in [4.69, 9.17) is 4.74 Å². The van der Waals surface area contributed by atoms with Gasteiger partial charge in [-0.25, -0.2) is 0 Å². The number of aryl methyl sites for hydroxylation is 1. The van der Waals surface area contributed by atoms with Crippen molar-refractivity contribution >= 4 is 11.3 Å². The summed E-state index contributed by atoms with van der Waals surface area (Å²) in [6.45, 7) is 6.57. The first kappa shape index (κ1) is 14.6. The molecule has 2 heterocycles. The van der Waals surface area contributed by atoms with Crippen molar-refractivity contribution in [1.82, 2.24) is 5.32 Å². The molecule has 1 aromatic rings. The van der Waals surface area contributed by atoms with E-state index in [0.717, 1.165) is 19.1 Å². The Bertz CT molecular complexity index is 413. The summed E-state index contributed by atoms with van der Waals surface area (Å²) in [5.41, 5.74) is 1.87. The minimum absolute atomic E-state index is 0.368. The Kier molecular flexibility index (Phi) is 4.49. The molecule has 0 spiro atoms. The summed E-state index contributed by atoms with van der Waals surface area (Å²) in [6.07, 6.45) is 6.98. The van der Waals surface area contributed by atoms with E-state index in [1.165, 1.54) is 37.7 Å². The molecule has 1 aromatic heterocycles. The van der Waals surface area contributed by atoms with E-state index in [2.05, 4.69) is 36.0 Å². The first-order valence-corrected chi connectivity index (χ1v) is 9.00. The summed E-state index contributed by atoms with van der Waals surface area (Å²) in [7, 11) is 0. The third-order valence-electron chi connectivity index (χ3n) is 4.91. The van der Waals surface area contributed by atoms with E-state index in [-0.39, 0.29) is 0 Å². The van der Waals surface area contributed by atoms with E-state index >= 15 is 0 Å². The van der Waals surface area contributed by atoms with Crippen molar-refractivity contribution in [2.45, 2.75) is 58.1 Å². The molecule has 2 nitrogen and oxygen atoms in total. The first-order chi connectivity index (χ1) is 9.70. The minimum Gasteiger partial charge on any atom is -0.377 e. The van der Waals surface area contributed by atoms with Gasteiger partial charge in [0.25, 0.3) is 0 Å². The second-order valence-corrected chi connectivity index (χ2v) is 7.69. The van der Waals surface area contributed by atoms with Gasteiger partial charge >= 0.3 is 0 Å². The van der Waals surface area contributed by atoms with Crippen LogP contribution in [0.2, 0.25) is 0 Å². The smallest absolute Gasteiger partial charge is 0.0672 e. The summed E-state index contributed by atoms with van der Waals surface area (Å²) in [5, 5.41) is 8.18. The first-order valence-electron chi connectivity index (χ1n) is 8.06. The van der Waals surface area contributed by atoms with Crippen LogP contribution in [0.15, 0.2) is 16.8 Å². The molecule has 20 heavy (non-hydrogen) atoms. The van der Waals surface area contributed by atoms with Crippen LogP contribution in [0.25, 0.3) is 0 Å². The molecule has 2 atom stereocenters. The zero-order valence-electron chi connectivity index (χ0n) is 12.7. The predicted molar refractivity (Wildman–Crippen MR) is 85.3 cm³/mol. The number of ether oxygens (including phenoxy) is 1. The molecule has 3 heteroatoms. The molecule has 1 saturated heterocycles. The lowest BCUT2D eigenvalue weighted by molar-refractivity contribution is 0.0258. The average Bonchev–Trinajstić information content (AvgIpc) is 2.98. The van der Waals surface area contributed by atoms with E-state index in [1.807, 2.05) is 11.3 Å². The Morgan fingerprint density at radius 2 is 2.30 bits per heavy atom. The van der Waals surface area contributed by atoms with E-state index in [1.54, 1.807) is 0 Å². The highest BCUT2D eigenvalue weighted by Gasteiger charge is 2.50. The normalized spacial score (nSPS) is 30.2.